The van der Waals surface area contributed by atoms with Crippen molar-refractivity contribution in [3.8, 4) is 11.3 Å². The van der Waals surface area contributed by atoms with Crippen molar-refractivity contribution in [3.05, 3.63) is 52.2 Å². The third-order valence-electron chi connectivity index (χ3n) is 3.42. The number of rotatable bonds is 3. The predicted molar refractivity (Wildman–Crippen MR) is 87.8 cm³/mol. The van der Waals surface area contributed by atoms with Crippen LogP contribution in [-0.4, -0.2) is 17.7 Å². The number of halogens is 1. The molecule has 0 aliphatic rings. The normalized spacial score (nSPS) is 10.9. The summed E-state index contributed by atoms with van der Waals surface area (Å²) in [6.07, 6.45) is 0. The molecule has 112 valence electrons. The summed E-state index contributed by atoms with van der Waals surface area (Å²) in [4.78, 5) is 12.1. The molecule has 0 radical (unpaired) electrons. The Morgan fingerprint density at radius 2 is 1.95 bits per heavy atom. The largest absolute Gasteiger partial charge is 0.462 e. The van der Waals surface area contributed by atoms with E-state index in [4.69, 9.17) is 9.26 Å². The fraction of sp³-hybridized carbons (Fsp3) is 0.176. The second-order valence-electron chi connectivity index (χ2n) is 4.89. The maximum Gasteiger partial charge on any atom is 0.344 e. The van der Waals surface area contributed by atoms with Crippen molar-refractivity contribution in [2.24, 2.45) is 0 Å². The predicted octanol–water partition coefficient (Wildman–Crippen LogP) is 4.74. The van der Waals surface area contributed by atoms with Gasteiger partial charge in [-0.2, -0.15) is 0 Å². The zero-order valence-corrected chi connectivity index (χ0v) is 13.8. The molecule has 0 saturated carbocycles. The molecule has 0 spiro atoms. The number of nitrogens with zero attached hydrogens (tertiary/aromatic N) is 1. The van der Waals surface area contributed by atoms with E-state index in [0.717, 1.165) is 20.8 Å². The lowest BCUT2D eigenvalue weighted by molar-refractivity contribution is 0.0525. The van der Waals surface area contributed by atoms with E-state index < -0.39 is 5.97 Å². The van der Waals surface area contributed by atoms with Gasteiger partial charge in [0.2, 0.25) is 0 Å². The number of ether oxygens (including phenoxy) is 1. The van der Waals surface area contributed by atoms with Crippen LogP contribution in [0.15, 0.2) is 45.4 Å². The van der Waals surface area contributed by atoms with Crippen LogP contribution in [0.3, 0.4) is 0 Å². The Hall–Kier alpha value is -2.14. The first kappa shape index (κ1) is 14.8. The first-order valence-corrected chi connectivity index (χ1v) is 7.72. The van der Waals surface area contributed by atoms with E-state index in [9.17, 15) is 4.79 Å². The molecule has 5 heteroatoms. The van der Waals surface area contributed by atoms with Gasteiger partial charge in [0.05, 0.1) is 6.61 Å². The van der Waals surface area contributed by atoms with Gasteiger partial charge in [-0.15, -0.1) is 0 Å². The van der Waals surface area contributed by atoms with Gasteiger partial charge in [0.1, 0.15) is 17.0 Å². The number of carbonyl (C=O) groups is 1. The molecule has 0 amide bonds. The van der Waals surface area contributed by atoms with Crippen LogP contribution in [0.5, 0.6) is 0 Å². The molecule has 4 nitrogen and oxygen atoms in total. The third-order valence-corrected chi connectivity index (χ3v) is 3.91. The highest BCUT2D eigenvalue weighted by atomic mass is 79.9. The Kier molecular flexibility index (Phi) is 3.98. The van der Waals surface area contributed by atoms with Crippen molar-refractivity contribution >= 4 is 32.7 Å². The van der Waals surface area contributed by atoms with Gasteiger partial charge in [-0.25, -0.2) is 4.79 Å². The number of hydrogen-bond acceptors (Lipinski definition) is 4. The average Bonchev–Trinajstić information content (AvgIpc) is 2.89. The summed E-state index contributed by atoms with van der Waals surface area (Å²) in [5.74, 6) is 0.0523. The molecule has 0 bridgehead atoms. The first-order chi connectivity index (χ1) is 10.6. The van der Waals surface area contributed by atoms with E-state index in [0.29, 0.717) is 23.6 Å². The van der Waals surface area contributed by atoms with Crippen molar-refractivity contribution in [1.82, 2.24) is 5.16 Å². The van der Waals surface area contributed by atoms with Crippen LogP contribution in [0.2, 0.25) is 0 Å². The number of carbonyl (C=O) groups excluding carboxylic acids is 1. The fourth-order valence-electron chi connectivity index (χ4n) is 2.38. The van der Waals surface area contributed by atoms with Gasteiger partial charge in [0.15, 0.2) is 0 Å². The highest BCUT2D eigenvalue weighted by Gasteiger charge is 2.22. The molecular weight excluding hydrogens is 346 g/mol. The Labute approximate surface area is 136 Å². The lowest BCUT2D eigenvalue weighted by atomic mass is 10.0. The molecule has 0 N–H and O–H groups in total. The van der Waals surface area contributed by atoms with Gasteiger partial charge in [-0.1, -0.05) is 39.3 Å². The second-order valence-corrected chi connectivity index (χ2v) is 5.80. The van der Waals surface area contributed by atoms with Gasteiger partial charge in [-0.3, -0.25) is 0 Å². The van der Waals surface area contributed by atoms with Crippen LogP contribution in [0, 0.1) is 6.92 Å². The zero-order valence-electron chi connectivity index (χ0n) is 12.2. The van der Waals surface area contributed by atoms with E-state index in [-0.39, 0.29) is 0 Å². The molecule has 2 aromatic carbocycles. The molecule has 0 unspecified atom stereocenters. The Balaban J connectivity index is 2.12. The lowest BCUT2D eigenvalue weighted by Crippen LogP contribution is -2.06. The molecule has 0 atom stereocenters. The van der Waals surface area contributed by atoms with Crippen LogP contribution in [-0.2, 0) is 4.74 Å². The standard InChI is InChI=1S/C17H14BrNO3/c1-3-21-17(20)15-10(2)22-19-16(15)13-5-4-12-9-14(18)7-6-11(12)8-13/h4-9H,3H2,1-2H3. The van der Waals surface area contributed by atoms with Crippen molar-refractivity contribution in [2.45, 2.75) is 13.8 Å². The summed E-state index contributed by atoms with van der Waals surface area (Å²) in [5, 5.41) is 6.20. The highest BCUT2D eigenvalue weighted by molar-refractivity contribution is 9.10. The molecule has 0 fully saturated rings. The molecule has 0 aliphatic heterocycles. The maximum atomic E-state index is 12.1. The molecule has 1 heterocycles. The topological polar surface area (TPSA) is 52.3 Å². The Bertz CT molecular complexity index is 854. The van der Waals surface area contributed by atoms with E-state index in [1.807, 2.05) is 36.4 Å². The number of benzene rings is 2. The van der Waals surface area contributed by atoms with Crippen molar-refractivity contribution < 1.29 is 14.1 Å². The number of esters is 1. The van der Waals surface area contributed by atoms with E-state index >= 15 is 0 Å². The quantitative estimate of drug-likeness (QED) is 0.633. The molecule has 3 aromatic rings. The summed E-state index contributed by atoms with van der Waals surface area (Å²) in [5.41, 5.74) is 1.73. The molecule has 0 aliphatic carbocycles. The molecular formula is C17H14BrNO3. The SMILES string of the molecule is CCOC(=O)c1c(-c2ccc3cc(Br)ccc3c2)noc1C. The second kappa shape index (κ2) is 5.93. The zero-order chi connectivity index (χ0) is 15.7. The van der Waals surface area contributed by atoms with Crippen LogP contribution in [0.25, 0.3) is 22.0 Å². The minimum absolute atomic E-state index is 0.314. The summed E-state index contributed by atoms with van der Waals surface area (Å²) in [6, 6.07) is 11.9. The van der Waals surface area contributed by atoms with Crippen LogP contribution in [0.4, 0.5) is 0 Å². The third kappa shape index (κ3) is 2.64. The molecule has 3 rings (SSSR count). The summed E-state index contributed by atoms with van der Waals surface area (Å²) < 4.78 is 11.3. The number of hydrogen-bond donors (Lipinski definition) is 0. The Morgan fingerprint density at radius 3 is 2.73 bits per heavy atom. The first-order valence-electron chi connectivity index (χ1n) is 6.93. The molecule has 1 aromatic heterocycles. The van der Waals surface area contributed by atoms with Crippen molar-refractivity contribution in [2.75, 3.05) is 6.61 Å². The monoisotopic (exact) mass is 359 g/mol. The average molecular weight is 360 g/mol. The van der Waals surface area contributed by atoms with Crippen LogP contribution < -0.4 is 0 Å². The number of aryl methyl sites for hydroxylation is 1. The Morgan fingerprint density at radius 1 is 1.23 bits per heavy atom. The van der Waals surface area contributed by atoms with E-state index in [2.05, 4.69) is 21.1 Å². The van der Waals surface area contributed by atoms with Crippen LogP contribution in [0.1, 0.15) is 23.0 Å². The lowest BCUT2D eigenvalue weighted by Gasteiger charge is -2.05. The maximum absolute atomic E-state index is 12.1. The smallest absolute Gasteiger partial charge is 0.344 e. The number of fused-ring (bicyclic) bond motifs is 1. The van der Waals surface area contributed by atoms with Gasteiger partial charge in [-0.05, 0) is 42.8 Å². The van der Waals surface area contributed by atoms with Crippen molar-refractivity contribution in [1.29, 1.82) is 0 Å². The van der Waals surface area contributed by atoms with Gasteiger partial charge in [0, 0.05) is 10.0 Å². The minimum Gasteiger partial charge on any atom is -0.462 e. The van der Waals surface area contributed by atoms with Crippen molar-refractivity contribution in [3.63, 3.8) is 0 Å². The summed E-state index contributed by atoms with van der Waals surface area (Å²) >= 11 is 3.46. The number of aromatic nitrogens is 1. The van der Waals surface area contributed by atoms with Gasteiger partial charge < -0.3 is 9.26 Å². The summed E-state index contributed by atoms with van der Waals surface area (Å²) in [6.45, 7) is 3.80. The fourth-order valence-corrected chi connectivity index (χ4v) is 2.76. The van der Waals surface area contributed by atoms with Crippen LogP contribution >= 0.6 is 15.9 Å². The van der Waals surface area contributed by atoms with Gasteiger partial charge in [0.25, 0.3) is 0 Å². The van der Waals surface area contributed by atoms with E-state index in [1.165, 1.54) is 0 Å². The summed E-state index contributed by atoms with van der Waals surface area (Å²) in [7, 11) is 0. The highest BCUT2D eigenvalue weighted by Crippen LogP contribution is 2.29. The van der Waals surface area contributed by atoms with Gasteiger partial charge >= 0.3 is 5.97 Å². The van der Waals surface area contributed by atoms with E-state index in [1.54, 1.807) is 13.8 Å². The minimum atomic E-state index is -0.410. The molecule has 0 saturated heterocycles. The molecule has 22 heavy (non-hydrogen) atoms.